The zero-order valence-corrected chi connectivity index (χ0v) is 18.3. The van der Waals surface area contributed by atoms with Gasteiger partial charge in [-0.25, -0.2) is 0 Å². The number of aryl methyl sites for hydroxylation is 1. The van der Waals surface area contributed by atoms with E-state index in [4.69, 9.17) is 14.0 Å². The highest BCUT2D eigenvalue weighted by Crippen LogP contribution is 2.34. The molecule has 0 radical (unpaired) electrons. The lowest BCUT2D eigenvalue weighted by Crippen LogP contribution is -2.39. The van der Waals surface area contributed by atoms with Crippen LogP contribution in [-0.4, -0.2) is 43.3 Å². The van der Waals surface area contributed by atoms with E-state index in [0.29, 0.717) is 40.0 Å². The number of hydrogen-bond donors (Lipinski definition) is 0. The minimum absolute atomic E-state index is 0.0336. The number of likely N-dealkylation sites (tertiary alicyclic amines) is 1. The molecule has 1 fully saturated rings. The topological polar surface area (TPSA) is 64.8 Å². The van der Waals surface area contributed by atoms with Crippen LogP contribution in [0.3, 0.4) is 0 Å². The molecule has 31 heavy (non-hydrogen) atoms. The molecule has 6 nitrogen and oxygen atoms in total. The minimum atomic E-state index is -0.0336. The molecule has 1 aliphatic rings. The lowest BCUT2D eigenvalue weighted by Gasteiger charge is -2.32. The fourth-order valence-electron chi connectivity index (χ4n) is 4.20. The summed E-state index contributed by atoms with van der Waals surface area (Å²) in [7, 11) is 3.19. The summed E-state index contributed by atoms with van der Waals surface area (Å²) in [5.74, 6) is 2.27. The maximum Gasteiger partial charge on any atom is 0.259 e. The van der Waals surface area contributed by atoms with E-state index >= 15 is 0 Å². The van der Waals surface area contributed by atoms with Gasteiger partial charge in [0.2, 0.25) is 0 Å². The van der Waals surface area contributed by atoms with Gasteiger partial charge in [0.1, 0.15) is 17.1 Å². The fraction of sp³-hybridized carbons (Fsp3) is 0.360. The molecule has 2 heterocycles. The highest BCUT2D eigenvalue weighted by Gasteiger charge is 2.29. The molecular formula is C25H28N2O4. The van der Waals surface area contributed by atoms with E-state index in [2.05, 4.69) is 29.4 Å². The molecule has 0 aliphatic carbocycles. The minimum Gasteiger partial charge on any atom is -0.497 e. The lowest BCUT2D eigenvalue weighted by atomic mass is 9.90. The molecule has 1 amide bonds. The standard InChI is InChI=1S/C25H28N2O4/c1-17-23(24(31-26-17)20-14-21(29-2)16-22(15-20)30-3)25(28)27-11-9-19(10-12-27)13-18-7-5-4-6-8-18/h4-8,14-16,19H,9-13H2,1-3H3. The first-order valence-electron chi connectivity index (χ1n) is 10.6. The number of rotatable bonds is 6. The van der Waals surface area contributed by atoms with Crippen molar-refractivity contribution < 1.29 is 18.8 Å². The first-order chi connectivity index (χ1) is 15.1. The van der Waals surface area contributed by atoms with Gasteiger partial charge in [-0.3, -0.25) is 4.79 Å². The Morgan fingerprint density at radius 2 is 1.71 bits per heavy atom. The van der Waals surface area contributed by atoms with Crippen molar-refractivity contribution in [3.8, 4) is 22.8 Å². The van der Waals surface area contributed by atoms with E-state index in [-0.39, 0.29) is 5.91 Å². The first-order valence-corrected chi connectivity index (χ1v) is 10.6. The van der Waals surface area contributed by atoms with Gasteiger partial charge in [-0.1, -0.05) is 35.5 Å². The van der Waals surface area contributed by atoms with Crippen molar-refractivity contribution in [1.29, 1.82) is 0 Å². The second-order valence-corrected chi connectivity index (χ2v) is 8.00. The van der Waals surface area contributed by atoms with Gasteiger partial charge >= 0.3 is 0 Å². The summed E-state index contributed by atoms with van der Waals surface area (Å²) in [5, 5.41) is 4.09. The molecule has 3 aromatic rings. The summed E-state index contributed by atoms with van der Waals surface area (Å²) >= 11 is 0. The number of benzene rings is 2. The molecule has 1 aliphatic heterocycles. The molecular weight excluding hydrogens is 392 g/mol. The Morgan fingerprint density at radius 3 is 2.32 bits per heavy atom. The van der Waals surface area contributed by atoms with Crippen LogP contribution in [-0.2, 0) is 6.42 Å². The molecule has 1 aromatic heterocycles. The predicted octanol–water partition coefficient (Wildman–Crippen LogP) is 4.76. The summed E-state index contributed by atoms with van der Waals surface area (Å²) < 4.78 is 16.3. The smallest absolute Gasteiger partial charge is 0.259 e. The van der Waals surface area contributed by atoms with Crippen molar-refractivity contribution >= 4 is 5.91 Å². The van der Waals surface area contributed by atoms with Crippen molar-refractivity contribution in [2.45, 2.75) is 26.2 Å². The van der Waals surface area contributed by atoms with Crippen LogP contribution in [0.15, 0.2) is 53.1 Å². The Morgan fingerprint density at radius 1 is 1.06 bits per heavy atom. The van der Waals surface area contributed by atoms with Gasteiger partial charge in [0.05, 0.1) is 19.9 Å². The number of aromatic nitrogens is 1. The zero-order valence-electron chi connectivity index (χ0n) is 18.3. The monoisotopic (exact) mass is 420 g/mol. The average Bonchev–Trinajstić information content (AvgIpc) is 3.20. The van der Waals surface area contributed by atoms with Crippen molar-refractivity contribution in [2.24, 2.45) is 5.92 Å². The van der Waals surface area contributed by atoms with Crippen LogP contribution in [0.25, 0.3) is 11.3 Å². The Hall–Kier alpha value is -3.28. The van der Waals surface area contributed by atoms with Gasteiger partial charge in [-0.05, 0) is 49.8 Å². The predicted molar refractivity (Wildman–Crippen MR) is 119 cm³/mol. The van der Waals surface area contributed by atoms with E-state index in [1.165, 1.54) is 5.56 Å². The van der Waals surface area contributed by atoms with Crippen LogP contribution >= 0.6 is 0 Å². The van der Waals surface area contributed by atoms with Crippen LogP contribution < -0.4 is 9.47 Å². The second-order valence-electron chi connectivity index (χ2n) is 8.00. The van der Waals surface area contributed by atoms with Crippen molar-refractivity contribution in [2.75, 3.05) is 27.3 Å². The molecule has 0 unspecified atom stereocenters. The van der Waals surface area contributed by atoms with Gasteiger partial charge in [0.25, 0.3) is 5.91 Å². The molecule has 2 aromatic carbocycles. The third-order valence-electron chi connectivity index (χ3n) is 5.96. The molecule has 0 atom stereocenters. The van der Waals surface area contributed by atoms with Crippen LogP contribution in [0.1, 0.15) is 34.5 Å². The Bertz CT molecular complexity index is 1010. The average molecular weight is 421 g/mol. The van der Waals surface area contributed by atoms with Gasteiger partial charge < -0.3 is 18.9 Å². The van der Waals surface area contributed by atoms with E-state index in [0.717, 1.165) is 32.4 Å². The molecule has 6 heteroatoms. The number of amides is 1. The number of nitrogens with zero attached hydrogens (tertiary/aromatic N) is 2. The highest BCUT2D eigenvalue weighted by atomic mass is 16.5. The number of methoxy groups -OCH3 is 2. The summed E-state index contributed by atoms with van der Waals surface area (Å²) in [4.78, 5) is 15.3. The van der Waals surface area contributed by atoms with Crippen LogP contribution in [0, 0.1) is 12.8 Å². The van der Waals surface area contributed by atoms with Crippen molar-refractivity contribution in [1.82, 2.24) is 10.1 Å². The summed E-state index contributed by atoms with van der Waals surface area (Å²) in [6.45, 7) is 3.28. The highest BCUT2D eigenvalue weighted by molar-refractivity contribution is 6.00. The zero-order chi connectivity index (χ0) is 21.8. The Kier molecular flexibility index (Phi) is 6.26. The van der Waals surface area contributed by atoms with Crippen LogP contribution in [0.5, 0.6) is 11.5 Å². The van der Waals surface area contributed by atoms with Gasteiger partial charge in [0.15, 0.2) is 5.76 Å². The maximum atomic E-state index is 13.4. The quantitative estimate of drug-likeness (QED) is 0.575. The van der Waals surface area contributed by atoms with Crippen molar-refractivity contribution in [3.05, 3.63) is 65.4 Å². The lowest BCUT2D eigenvalue weighted by molar-refractivity contribution is 0.0690. The van der Waals surface area contributed by atoms with Gasteiger partial charge in [-0.15, -0.1) is 0 Å². The molecule has 4 rings (SSSR count). The van der Waals surface area contributed by atoms with Crippen LogP contribution in [0.4, 0.5) is 0 Å². The summed E-state index contributed by atoms with van der Waals surface area (Å²) in [6.07, 6.45) is 3.05. The van der Waals surface area contributed by atoms with Gasteiger partial charge in [0, 0.05) is 24.7 Å². The second kappa shape index (κ2) is 9.25. The van der Waals surface area contributed by atoms with Crippen molar-refractivity contribution in [3.63, 3.8) is 0 Å². The third kappa shape index (κ3) is 4.58. The van der Waals surface area contributed by atoms with Crippen LogP contribution in [0.2, 0.25) is 0 Å². The molecule has 1 saturated heterocycles. The van der Waals surface area contributed by atoms with E-state index in [9.17, 15) is 4.79 Å². The number of ether oxygens (including phenoxy) is 2. The fourth-order valence-corrected chi connectivity index (χ4v) is 4.20. The first kappa shape index (κ1) is 21.0. The number of carbonyl (C=O) groups is 1. The van der Waals surface area contributed by atoms with Gasteiger partial charge in [-0.2, -0.15) is 0 Å². The van der Waals surface area contributed by atoms with E-state index in [1.807, 2.05) is 23.1 Å². The number of piperidine rings is 1. The van der Waals surface area contributed by atoms with E-state index in [1.54, 1.807) is 27.2 Å². The third-order valence-corrected chi connectivity index (χ3v) is 5.96. The molecule has 162 valence electrons. The summed E-state index contributed by atoms with van der Waals surface area (Å²) in [6, 6.07) is 16.0. The Labute approximate surface area is 182 Å². The van der Waals surface area contributed by atoms with E-state index < -0.39 is 0 Å². The Balaban J connectivity index is 1.51. The molecule has 0 bridgehead atoms. The summed E-state index contributed by atoms with van der Waals surface area (Å²) in [5.41, 5.74) is 3.17. The number of hydrogen-bond acceptors (Lipinski definition) is 5. The molecule has 0 saturated carbocycles. The normalized spacial score (nSPS) is 14.5. The molecule has 0 N–H and O–H groups in total. The maximum absolute atomic E-state index is 13.4. The number of carbonyl (C=O) groups excluding carboxylic acids is 1. The SMILES string of the molecule is COc1cc(OC)cc(-c2onc(C)c2C(=O)N2CCC(Cc3ccccc3)CC2)c1. The molecule has 0 spiro atoms. The largest absolute Gasteiger partial charge is 0.497 e.